The van der Waals surface area contributed by atoms with Crippen LogP contribution in [-0.4, -0.2) is 26.7 Å². The third-order valence-corrected chi connectivity index (χ3v) is 4.95. The van der Waals surface area contributed by atoms with Gasteiger partial charge in [-0.1, -0.05) is 18.2 Å². The average Bonchev–Trinajstić information content (AvgIpc) is 3.03. The van der Waals surface area contributed by atoms with E-state index >= 15 is 0 Å². The Hall–Kier alpha value is -3.28. The van der Waals surface area contributed by atoms with Crippen molar-refractivity contribution >= 4 is 11.6 Å². The molecule has 4 rings (SSSR count). The second kappa shape index (κ2) is 6.79. The van der Waals surface area contributed by atoms with Crippen molar-refractivity contribution in [1.29, 1.82) is 0 Å². The maximum absolute atomic E-state index is 13.2. The number of carbonyl (C=O) groups is 1. The highest BCUT2D eigenvalue weighted by molar-refractivity contribution is 5.98. The Morgan fingerprint density at radius 1 is 1.15 bits per heavy atom. The van der Waals surface area contributed by atoms with Gasteiger partial charge in [-0.25, -0.2) is 4.68 Å². The van der Waals surface area contributed by atoms with E-state index in [1.54, 1.807) is 30.3 Å². The van der Waals surface area contributed by atoms with Gasteiger partial charge in [0.25, 0.3) is 11.5 Å². The number of aromatic nitrogens is 3. The zero-order chi connectivity index (χ0) is 19.0. The number of benzene rings is 1. The average molecular weight is 360 g/mol. The summed E-state index contributed by atoms with van der Waals surface area (Å²) in [5.41, 5.74) is 3.17. The molecule has 1 amide bonds. The summed E-state index contributed by atoms with van der Waals surface area (Å²) in [5, 5.41) is 4.43. The fourth-order valence-electron chi connectivity index (χ4n) is 3.58. The summed E-state index contributed by atoms with van der Waals surface area (Å²) in [6.07, 6.45) is 4.17. The Bertz CT molecular complexity index is 1050. The first-order valence-electron chi connectivity index (χ1n) is 8.97. The predicted molar refractivity (Wildman–Crippen MR) is 104 cm³/mol. The highest BCUT2D eigenvalue weighted by atomic mass is 16.2. The molecular formula is C21H20N4O2. The number of anilines is 1. The van der Waals surface area contributed by atoms with E-state index in [-0.39, 0.29) is 17.5 Å². The minimum absolute atomic E-state index is 0.0505. The first-order chi connectivity index (χ1) is 13.1. The van der Waals surface area contributed by atoms with E-state index in [0.29, 0.717) is 5.69 Å². The molecule has 0 bridgehead atoms. The maximum atomic E-state index is 13.2. The molecule has 6 nitrogen and oxygen atoms in total. The van der Waals surface area contributed by atoms with Crippen LogP contribution in [0.4, 0.5) is 5.69 Å². The highest BCUT2D eigenvalue weighted by Gasteiger charge is 2.34. The quantitative estimate of drug-likeness (QED) is 0.720. The molecule has 1 aliphatic rings. The van der Waals surface area contributed by atoms with Gasteiger partial charge < -0.3 is 4.90 Å². The molecule has 3 heterocycles. The van der Waals surface area contributed by atoms with E-state index in [0.717, 1.165) is 23.2 Å². The van der Waals surface area contributed by atoms with Crippen molar-refractivity contribution in [3.05, 3.63) is 76.8 Å². The molecule has 6 heteroatoms. The molecular weight excluding hydrogens is 340 g/mol. The summed E-state index contributed by atoms with van der Waals surface area (Å²) in [6, 6.07) is 14.0. The fourth-order valence-corrected chi connectivity index (χ4v) is 3.58. The molecule has 0 fully saturated rings. The lowest BCUT2D eigenvalue weighted by Crippen LogP contribution is -2.42. The van der Waals surface area contributed by atoms with Gasteiger partial charge in [-0.15, -0.1) is 0 Å². The Kier molecular flexibility index (Phi) is 4.32. The van der Waals surface area contributed by atoms with E-state index < -0.39 is 6.04 Å². The number of hydrogen-bond acceptors (Lipinski definition) is 4. The van der Waals surface area contributed by atoms with Crippen molar-refractivity contribution in [1.82, 2.24) is 14.8 Å². The standard InChI is InChI=1S/C21H20N4O2/c1-14-12-16-6-3-4-8-19(16)24(14)21(27)15(2)25-20(26)10-9-18(23-25)17-7-5-11-22-13-17/h3-11,13-15H,12H2,1-2H3. The van der Waals surface area contributed by atoms with E-state index in [9.17, 15) is 9.59 Å². The molecule has 1 aromatic carbocycles. The number of fused-ring (bicyclic) bond motifs is 1. The second-order valence-electron chi connectivity index (χ2n) is 6.81. The topological polar surface area (TPSA) is 68.1 Å². The van der Waals surface area contributed by atoms with Gasteiger partial charge >= 0.3 is 0 Å². The van der Waals surface area contributed by atoms with Crippen molar-refractivity contribution in [3.63, 3.8) is 0 Å². The van der Waals surface area contributed by atoms with Gasteiger partial charge in [0.15, 0.2) is 0 Å². The Morgan fingerprint density at radius 2 is 1.96 bits per heavy atom. The Labute approximate surface area is 157 Å². The largest absolute Gasteiger partial charge is 0.307 e. The van der Waals surface area contributed by atoms with Crippen LogP contribution in [0.5, 0.6) is 0 Å². The summed E-state index contributed by atoms with van der Waals surface area (Å²) in [6.45, 7) is 3.74. The zero-order valence-electron chi connectivity index (χ0n) is 15.2. The second-order valence-corrected chi connectivity index (χ2v) is 6.81. The van der Waals surface area contributed by atoms with Crippen LogP contribution in [0, 0.1) is 0 Å². The van der Waals surface area contributed by atoms with Crippen LogP contribution in [0.25, 0.3) is 11.3 Å². The molecule has 0 spiro atoms. The summed E-state index contributed by atoms with van der Waals surface area (Å²) in [4.78, 5) is 31.5. The lowest BCUT2D eigenvalue weighted by molar-refractivity contribution is -0.121. The van der Waals surface area contributed by atoms with Crippen molar-refractivity contribution < 1.29 is 4.79 Å². The smallest absolute Gasteiger partial charge is 0.267 e. The van der Waals surface area contributed by atoms with Crippen molar-refractivity contribution in [2.45, 2.75) is 32.4 Å². The molecule has 1 aliphatic heterocycles. The monoisotopic (exact) mass is 360 g/mol. The molecule has 0 saturated carbocycles. The van der Waals surface area contributed by atoms with Crippen LogP contribution < -0.4 is 10.5 Å². The number of rotatable bonds is 3. The van der Waals surface area contributed by atoms with Crippen molar-refractivity contribution in [2.24, 2.45) is 0 Å². The summed E-state index contributed by atoms with van der Waals surface area (Å²) in [5.74, 6) is -0.134. The van der Waals surface area contributed by atoms with E-state index in [4.69, 9.17) is 0 Å². The minimum atomic E-state index is -0.706. The lowest BCUT2D eigenvalue weighted by atomic mass is 10.1. The zero-order valence-corrected chi connectivity index (χ0v) is 15.2. The summed E-state index contributed by atoms with van der Waals surface area (Å²) < 4.78 is 1.26. The number of hydrogen-bond donors (Lipinski definition) is 0. The van der Waals surface area contributed by atoms with Gasteiger partial charge in [0.05, 0.1) is 5.69 Å². The summed E-state index contributed by atoms with van der Waals surface area (Å²) >= 11 is 0. The van der Waals surface area contributed by atoms with Gasteiger partial charge in [0.1, 0.15) is 6.04 Å². The van der Waals surface area contributed by atoms with Crippen LogP contribution in [0.15, 0.2) is 65.7 Å². The maximum Gasteiger partial charge on any atom is 0.267 e. The minimum Gasteiger partial charge on any atom is -0.307 e. The third kappa shape index (κ3) is 3.03. The first kappa shape index (κ1) is 17.1. The molecule has 0 N–H and O–H groups in total. The van der Waals surface area contributed by atoms with Crippen LogP contribution in [0.2, 0.25) is 0 Å². The lowest BCUT2D eigenvalue weighted by Gasteiger charge is -2.26. The molecule has 0 saturated heterocycles. The number of carbonyl (C=O) groups excluding carboxylic acids is 1. The van der Waals surface area contributed by atoms with Crippen LogP contribution >= 0.6 is 0 Å². The Morgan fingerprint density at radius 3 is 2.74 bits per heavy atom. The van der Waals surface area contributed by atoms with Crippen LogP contribution in [0.3, 0.4) is 0 Å². The first-order valence-corrected chi connectivity index (χ1v) is 8.97. The number of pyridine rings is 1. The highest BCUT2D eigenvalue weighted by Crippen LogP contribution is 2.33. The van der Waals surface area contributed by atoms with E-state index in [1.165, 1.54) is 10.7 Å². The molecule has 2 unspecified atom stereocenters. The van der Waals surface area contributed by atoms with Gasteiger partial charge in [0, 0.05) is 35.8 Å². The van der Waals surface area contributed by atoms with Gasteiger partial charge in [-0.05, 0) is 50.1 Å². The van der Waals surface area contributed by atoms with Crippen LogP contribution in [0.1, 0.15) is 25.5 Å². The fraction of sp³-hybridized carbons (Fsp3) is 0.238. The molecule has 136 valence electrons. The van der Waals surface area contributed by atoms with E-state index in [2.05, 4.69) is 10.1 Å². The van der Waals surface area contributed by atoms with Gasteiger partial charge in [0.2, 0.25) is 0 Å². The molecule has 3 aromatic rings. The molecule has 27 heavy (non-hydrogen) atoms. The molecule has 0 radical (unpaired) electrons. The van der Waals surface area contributed by atoms with Gasteiger partial charge in [-0.2, -0.15) is 5.10 Å². The SMILES string of the molecule is CC1Cc2ccccc2N1C(=O)C(C)n1nc(-c2cccnc2)ccc1=O. The van der Waals surface area contributed by atoms with Gasteiger partial charge in [-0.3, -0.25) is 14.6 Å². The van der Waals surface area contributed by atoms with Crippen LogP contribution in [-0.2, 0) is 11.2 Å². The van der Waals surface area contributed by atoms with E-state index in [1.807, 2.05) is 43.3 Å². The molecule has 2 atom stereocenters. The number of para-hydroxylation sites is 1. The van der Waals surface area contributed by atoms with Crippen molar-refractivity contribution in [2.75, 3.05) is 4.90 Å². The number of nitrogens with zero attached hydrogens (tertiary/aromatic N) is 4. The molecule has 2 aromatic heterocycles. The Balaban J connectivity index is 1.70. The summed E-state index contributed by atoms with van der Waals surface area (Å²) in [7, 11) is 0. The molecule has 0 aliphatic carbocycles. The van der Waals surface area contributed by atoms with Crippen molar-refractivity contribution in [3.8, 4) is 11.3 Å². The predicted octanol–water partition coefficient (Wildman–Crippen LogP) is 2.84. The third-order valence-electron chi connectivity index (χ3n) is 4.95. The number of amides is 1. The normalized spacial score (nSPS) is 16.8.